The molecule has 31 heavy (non-hydrogen) atoms. The number of fused-ring (bicyclic) bond motifs is 1. The normalized spacial score (nSPS) is 17.8. The number of amides is 2. The van der Waals surface area contributed by atoms with Gasteiger partial charge >= 0.3 is 0 Å². The van der Waals surface area contributed by atoms with Crippen molar-refractivity contribution in [3.63, 3.8) is 0 Å². The third-order valence-electron chi connectivity index (χ3n) is 6.09. The van der Waals surface area contributed by atoms with E-state index in [0.717, 1.165) is 24.2 Å². The minimum absolute atomic E-state index is 0.0264. The fourth-order valence-electron chi connectivity index (χ4n) is 4.57. The van der Waals surface area contributed by atoms with Crippen LogP contribution < -0.4 is 15.5 Å². The molecule has 1 fully saturated rings. The zero-order chi connectivity index (χ0) is 21.4. The van der Waals surface area contributed by atoms with Crippen molar-refractivity contribution in [3.05, 3.63) is 83.7 Å². The van der Waals surface area contributed by atoms with Crippen molar-refractivity contribution in [1.82, 2.24) is 4.98 Å². The van der Waals surface area contributed by atoms with Crippen LogP contribution in [0.1, 0.15) is 23.1 Å². The summed E-state index contributed by atoms with van der Waals surface area (Å²) < 4.78 is 0. The van der Waals surface area contributed by atoms with E-state index in [1.165, 1.54) is 16.7 Å². The molecule has 0 bridgehead atoms. The molecule has 0 saturated carbocycles. The topological polar surface area (TPSA) is 79.5 Å². The molecular weight excluding hydrogens is 388 g/mol. The summed E-state index contributed by atoms with van der Waals surface area (Å²) in [6.07, 6.45) is 5.55. The van der Waals surface area contributed by atoms with Gasteiger partial charge < -0.3 is 15.5 Å². The molecule has 3 aromatic rings. The predicted octanol–water partition coefficient (Wildman–Crippen LogP) is 3.20. The number of hydrogen-bond acceptors (Lipinski definition) is 4. The number of nitrogens with zero attached hydrogens (tertiary/aromatic N) is 3. The Balaban J connectivity index is 1.31. The van der Waals surface area contributed by atoms with Crippen LogP contribution in [0.3, 0.4) is 0 Å². The van der Waals surface area contributed by atoms with Crippen LogP contribution in [0.25, 0.3) is 0 Å². The highest BCUT2D eigenvalue weighted by Gasteiger charge is 2.39. The Morgan fingerprint density at radius 1 is 1.10 bits per heavy atom. The summed E-state index contributed by atoms with van der Waals surface area (Å²) >= 11 is 0. The van der Waals surface area contributed by atoms with Gasteiger partial charge in [-0.15, -0.1) is 0 Å². The highest BCUT2D eigenvalue weighted by atomic mass is 16.2. The number of pyridine rings is 1. The van der Waals surface area contributed by atoms with Crippen LogP contribution in [-0.4, -0.2) is 29.9 Å². The number of nitrogens with two attached hydrogens (primary N) is 1. The van der Waals surface area contributed by atoms with E-state index >= 15 is 0 Å². The molecule has 0 aliphatic carbocycles. The molecule has 6 nitrogen and oxygen atoms in total. The Hall–Kier alpha value is -3.67. The van der Waals surface area contributed by atoms with E-state index in [0.29, 0.717) is 18.8 Å². The lowest BCUT2D eigenvalue weighted by Crippen LogP contribution is -2.36. The smallest absolute Gasteiger partial charge is 0.232 e. The van der Waals surface area contributed by atoms with Gasteiger partial charge in [0, 0.05) is 49.0 Å². The summed E-state index contributed by atoms with van der Waals surface area (Å²) in [7, 11) is 0. The molecule has 3 heterocycles. The monoisotopic (exact) mass is 412 g/mol. The molecule has 0 spiro atoms. The maximum absolute atomic E-state index is 13.3. The minimum atomic E-state index is -0.338. The van der Waals surface area contributed by atoms with E-state index in [1.807, 2.05) is 35.4 Å². The van der Waals surface area contributed by atoms with Crippen molar-refractivity contribution in [2.45, 2.75) is 19.3 Å². The fourth-order valence-corrected chi connectivity index (χ4v) is 4.57. The second-order valence-corrected chi connectivity index (χ2v) is 8.24. The van der Waals surface area contributed by atoms with Gasteiger partial charge in [-0.1, -0.05) is 24.3 Å². The number of aromatic nitrogens is 1. The Bertz CT molecular complexity index is 1150. The lowest BCUT2D eigenvalue weighted by atomic mass is 10.0. The Morgan fingerprint density at radius 3 is 2.81 bits per heavy atom. The SMILES string of the molecule is Nc1cccc(N2C[C@@H](C(=O)N3CCc4cc(Cc5cccnc5)ccc43)CC2=O)c1. The molecular formula is C25H24N4O2. The van der Waals surface area contributed by atoms with E-state index in [2.05, 4.69) is 23.2 Å². The first-order valence-corrected chi connectivity index (χ1v) is 10.6. The maximum atomic E-state index is 13.3. The number of rotatable bonds is 4. The Labute approximate surface area is 181 Å². The molecule has 6 heteroatoms. The zero-order valence-electron chi connectivity index (χ0n) is 17.2. The van der Waals surface area contributed by atoms with Gasteiger partial charge in [0.1, 0.15) is 0 Å². The first-order valence-electron chi connectivity index (χ1n) is 10.6. The van der Waals surface area contributed by atoms with E-state index in [-0.39, 0.29) is 24.2 Å². The highest BCUT2D eigenvalue weighted by molar-refractivity contribution is 6.05. The first kappa shape index (κ1) is 19.3. The van der Waals surface area contributed by atoms with Crippen LogP contribution in [-0.2, 0) is 22.4 Å². The molecule has 156 valence electrons. The van der Waals surface area contributed by atoms with Crippen molar-refractivity contribution in [2.75, 3.05) is 28.6 Å². The molecule has 2 aromatic carbocycles. The van der Waals surface area contributed by atoms with Crippen LogP contribution >= 0.6 is 0 Å². The Kier molecular flexibility index (Phi) is 4.90. The molecule has 0 radical (unpaired) electrons. The number of benzene rings is 2. The summed E-state index contributed by atoms with van der Waals surface area (Å²) in [5.41, 5.74) is 11.8. The summed E-state index contributed by atoms with van der Waals surface area (Å²) in [4.78, 5) is 33.6. The molecule has 2 aliphatic rings. The molecule has 5 rings (SSSR count). The van der Waals surface area contributed by atoms with Crippen LogP contribution in [0.4, 0.5) is 17.1 Å². The third kappa shape index (κ3) is 3.77. The average Bonchev–Trinajstić information content (AvgIpc) is 3.37. The van der Waals surface area contributed by atoms with Crippen molar-refractivity contribution in [2.24, 2.45) is 5.92 Å². The minimum Gasteiger partial charge on any atom is -0.399 e. The van der Waals surface area contributed by atoms with E-state index in [4.69, 9.17) is 5.73 Å². The lowest BCUT2D eigenvalue weighted by Gasteiger charge is -2.22. The van der Waals surface area contributed by atoms with Gasteiger partial charge in [0.2, 0.25) is 11.8 Å². The molecule has 2 aliphatic heterocycles. The summed E-state index contributed by atoms with van der Waals surface area (Å²) in [5, 5.41) is 0. The fraction of sp³-hybridized carbons (Fsp3) is 0.240. The van der Waals surface area contributed by atoms with Crippen molar-refractivity contribution in [3.8, 4) is 0 Å². The van der Waals surface area contributed by atoms with E-state index in [9.17, 15) is 9.59 Å². The Morgan fingerprint density at radius 2 is 2.00 bits per heavy atom. The quantitative estimate of drug-likeness (QED) is 0.668. The van der Waals surface area contributed by atoms with Crippen LogP contribution in [0.2, 0.25) is 0 Å². The number of anilines is 3. The summed E-state index contributed by atoms with van der Waals surface area (Å²) in [6, 6.07) is 17.6. The average molecular weight is 412 g/mol. The second-order valence-electron chi connectivity index (χ2n) is 8.24. The van der Waals surface area contributed by atoms with Gasteiger partial charge in [0.05, 0.1) is 5.92 Å². The third-order valence-corrected chi connectivity index (χ3v) is 6.09. The molecule has 2 amide bonds. The summed E-state index contributed by atoms with van der Waals surface area (Å²) in [6.45, 7) is 1.06. The van der Waals surface area contributed by atoms with Crippen molar-refractivity contribution in [1.29, 1.82) is 0 Å². The molecule has 1 aromatic heterocycles. The maximum Gasteiger partial charge on any atom is 0.232 e. The van der Waals surface area contributed by atoms with Gasteiger partial charge in [-0.05, 0) is 59.9 Å². The van der Waals surface area contributed by atoms with E-state index in [1.54, 1.807) is 23.2 Å². The lowest BCUT2D eigenvalue weighted by molar-refractivity contribution is -0.124. The zero-order valence-corrected chi connectivity index (χ0v) is 17.2. The predicted molar refractivity (Wildman–Crippen MR) is 121 cm³/mol. The van der Waals surface area contributed by atoms with Gasteiger partial charge in [-0.25, -0.2) is 0 Å². The summed E-state index contributed by atoms with van der Waals surface area (Å²) in [5.74, 6) is -0.344. The van der Waals surface area contributed by atoms with Crippen LogP contribution in [0.5, 0.6) is 0 Å². The highest BCUT2D eigenvalue weighted by Crippen LogP contribution is 2.33. The van der Waals surface area contributed by atoms with Gasteiger partial charge in [-0.2, -0.15) is 0 Å². The molecule has 1 atom stereocenters. The number of nitrogen functional groups attached to an aromatic ring is 1. The molecule has 0 unspecified atom stereocenters. The van der Waals surface area contributed by atoms with Crippen LogP contribution in [0.15, 0.2) is 67.0 Å². The first-order chi connectivity index (χ1) is 15.1. The van der Waals surface area contributed by atoms with Gasteiger partial charge in [-0.3, -0.25) is 14.6 Å². The largest absolute Gasteiger partial charge is 0.399 e. The van der Waals surface area contributed by atoms with Crippen LogP contribution in [0, 0.1) is 5.92 Å². The van der Waals surface area contributed by atoms with Crippen molar-refractivity contribution >= 4 is 28.9 Å². The van der Waals surface area contributed by atoms with Crippen molar-refractivity contribution < 1.29 is 9.59 Å². The van der Waals surface area contributed by atoms with Gasteiger partial charge in [0.25, 0.3) is 0 Å². The second kappa shape index (κ2) is 7.87. The number of carbonyl (C=O) groups excluding carboxylic acids is 2. The van der Waals surface area contributed by atoms with E-state index < -0.39 is 0 Å². The number of hydrogen-bond donors (Lipinski definition) is 1. The number of carbonyl (C=O) groups is 2. The standard InChI is InChI=1S/C25H24N4O2/c26-21-4-1-5-22(14-21)29-16-20(13-24(29)30)25(31)28-10-8-19-12-17(6-7-23(19)28)11-18-3-2-9-27-15-18/h1-7,9,12,14-15,20H,8,10-11,13,16,26H2/t20-/m0/s1. The molecule has 1 saturated heterocycles. The van der Waals surface area contributed by atoms with Gasteiger partial charge in [0.15, 0.2) is 0 Å². The molecule has 2 N–H and O–H groups in total.